The van der Waals surface area contributed by atoms with Gasteiger partial charge in [0.1, 0.15) is 5.82 Å². The molecular formula is C15H24N2O2. The van der Waals surface area contributed by atoms with E-state index in [9.17, 15) is 9.90 Å². The maximum atomic E-state index is 11.2. The van der Waals surface area contributed by atoms with Crippen molar-refractivity contribution in [2.75, 3.05) is 11.9 Å². The van der Waals surface area contributed by atoms with Crippen molar-refractivity contribution in [3.63, 3.8) is 0 Å². The van der Waals surface area contributed by atoms with Crippen LogP contribution in [0.15, 0.2) is 12.1 Å². The topological polar surface area (TPSA) is 53.4 Å². The van der Waals surface area contributed by atoms with E-state index >= 15 is 0 Å². The number of rotatable bonds is 4. The zero-order valence-electron chi connectivity index (χ0n) is 12.7. The second kappa shape index (κ2) is 5.59. The molecule has 0 spiro atoms. The monoisotopic (exact) mass is 264 g/mol. The Morgan fingerprint density at radius 2 is 2.00 bits per heavy atom. The Bertz CT molecular complexity index is 464. The molecule has 19 heavy (non-hydrogen) atoms. The zero-order valence-corrected chi connectivity index (χ0v) is 12.7. The highest BCUT2D eigenvalue weighted by molar-refractivity contribution is 5.88. The molecule has 1 N–H and O–H groups in total. The van der Waals surface area contributed by atoms with Crippen LogP contribution in [0.3, 0.4) is 0 Å². The quantitative estimate of drug-likeness (QED) is 0.906. The SMILES string of the molecule is CCC(C)N(C)c1cc(C(=O)O)cc(C(C)(C)C)n1. The first-order chi connectivity index (χ1) is 8.66. The maximum Gasteiger partial charge on any atom is 0.335 e. The molecule has 1 atom stereocenters. The third kappa shape index (κ3) is 3.69. The summed E-state index contributed by atoms with van der Waals surface area (Å²) in [6.45, 7) is 10.3. The highest BCUT2D eigenvalue weighted by Crippen LogP contribution is 2.25. The fourth-order valence-electron chi connectivity index (χ4n) is 1.70. The van der Waals surface area contributed by atoms with Crippen LogP contribution >= 0.6 is 0 Å². The van der Waals surface area contributed by atoms with Crippen LogP contribution in [0, 0.1) is 0 Å². The summed E-state index contributed by atoms with van der Waals surface area (Å²) >= 11 is 0. The summed E-state index contributed by atoms with van der Waals surface area (Å²) in [4.78, 5) is 17.9. The molecule has 0 aliphatic carbocycles. The van der Waals surface area contributed by atoms with E-state index in [0.717, 1.165) is 17.9 Å². The van der Waals surface area contributed by atoms with E-state index in [1.165, 1.54) is 0 Å². The Morgan fingerprint density at radius 3 is 2.42 bits per heavy atom. The number of nitrogens with zero attached hydrogens (tertiary/aromatic N) is 2. The number of carboxylic acid groups (broad SMARTS) is 1. The molecule has 4 nitrogen and oxygen atoms in total. The predicted octanol–water partition coefficient (Wildman–Crippen LogP) is 3.31. The summed E-state index contributed by atoms with van der Waals surface area (Å²) in [7, 11) is 1.95. The van der Waals surface area contributed by atoms with Gasteiger partial charge in [-0.1, -0.05) is 27.7 Å². The van der Waals surface area contributed by atoms with Crippen LogP contribution in [0.5, 0.6) is 0 Å². The van der Waals surface area contributed by atoms with E-state index in [1.807, 2.05) is 32.7 Å². The number of carbonyl (C=O) groups is 1. The molecule has 0 aliphatic rings. The van der Waals surface area contributed by atoms with Gasteiger partial charge in [0.2, 0.25) is 0 Å². The standard InChI is InChI=1S/C15H24N2O2/c1-7-10(2)17(6)13-9-11(14(18)19)8-12(16-13)15(3,4)5/h8-10H,7H2,1-6H3,(H,18,19). The Labute approximate surface area is 115 Å². The Kier molecular flexibility index (Phi) is 4.56. The normalized spacial score (nSPS) is 13.2. The fourth-order valence-corrected chi connectivity index (χ4v) is 1.70. The molecule has 4 heteroatoms. The minimum absolute atomic E-state index is 0.170. The third-order valence-electron chi connectivity index (χ3n) is 3.44. The fraction of sp³-hybridized carbons (Fsp3) is 0.600. The predicted molar refractivity (Wildman–Crippen MR) is 78.1 cm³/mol. The Balaban J connectivity index is 3.32. The molecule has 1 rings (SSSR count). The van der Waals surface area contributed by atoms with Crippen LogP contribution in [-0.4, -0.2) is 29.1 Å². The molecule has 1 aromatic rings. The first-order valence-electron chi connectivity index (χ1n) is 6.65. The number of hydrogen-bond donors (Lipinski definition) is 1. The first-order valence-corrected chi connectivity index (χ1v) is 6.65. The summed E-state index contributed by atoms with van der Waals surface area (Å²) in [6.07, 6.45) is 0.986. The lowest BCUT2D eigenvalue weighted by atomic mass is 9.90. The van der Waals surface area contributed by atoms with Crippen molar-refractivity contribution < 1.29 is 9.90 Å². The van der Waals surface area contributed by atoms with Gasteiger partial charge in [0.05, 0.1) is 5.56 Å². The summed E-state index contributed by atoms with van der Waals surface area (Å²) in [6, 6.07) is 3.63. The Hall–Kier alpha value is -1.58. The zero-order chi connectivity index (χ0) is 14.8. The summed E-state index contributed by atoms with van der Waals surface area (Å²) < 4.78 is 0. The molecular weight excluding hydrogens is 240 g/mol. The van der Waals surface area contributed by atoms with E-state index in [2.05, 4.69) is 18.8 Å². The molecule has 1 aromatic heterocycles. The lowest BCUT2D eigenvalue weighted by molar-refractivity contribution is 0.0696. The number of aromatic nitrogens is 1. The van der Waals surface area contributed by atoms with Crippen LogP contribution in [0.4, 0.5) is 5.82 Å². The molecule has 1 heterocycles. The number of carboxylic acids is 1. The minimum Gasteiger partial charge on any atom is -0.478 e. The first kappa shape index (κ1) is 15.5. The average Bonchev–Trinajstić information content (AvgIpc) is 2.35. The molecule has 1 unspecified atom stereocenters. The highest BCUT2D eigenvalue weighted by atomic mass is 16.4. The van der Waals surface area contributed by atoms with Crippen LogP contribution < -0.4 is 4.90 Å². The average molecular weight is 264 g/mol. The molecule has 0 saturated heterocycles. The van der Waals surface area contributed by atoms with Crippen LogP contribution in [-0.2, 0) is 5.41 Å². The largest absolute Gasteiger partial charge is 0.478 e. The van der Waals surface area contributed by atoms with E-state index in [-0.39, 0.29) is 5.41 Å². The van der Waals surface area contributed by atoms with Crippen molar-refractivity contribution in [1.29, 1.82) is 0 Å². The summed E-state index contributed by atoms with van der Waals surface area (Å²) in [5.41, 5.74) is 0.930. The smallest absolute Gasteiger partial charge is 0.335 e. The molecule has 0 amide bonds. The van der Waals surface area contributed by atoms with E-state index < -0.39 is 5.97 Å². The van der Waals surface area contributed by atoms with Gasteiger partial charge in [0.25, 0.3) is 0 Å². The van der Waals surface area contributed by atoms with Gasteiger partial charge < -0.3 is 10.0 Å². The van der Waals surface area contributed by atoms with Gasteiger partial charge in [-0.2, -0.15) is 0 Å². The molecule has 0 bridgehead atoms. The van der Waals surface area contributed by atoms with Gasteiger partial charge in [-0.15, -0.1) is 0 Å². The number of pyridine rings is 1. The van der Waals surface area contributed by atoms with E-state index in [1.54, 1.807) is 12.1 Å². The molecule has 0 radical (unpaired) electrons. The van der Waals surface area contributed by atoms with Crippen molar-refractivity contribution in [2.24, 2.45) is 0 Å². The maximum absolute atomic E-state index is 11.2. The number of anilines is 1. The van der Waals surface area contributed by atoms with Gasteiger partial charge >= 0.3 is 5.97 Å². The second-order valence-corrected chi connectivity index (χ2v) is 6.02. The van der Waals surface area contributed by atoms with Crippen molar-refractivity contribution in [3.8, 4) is 0 Å². The van der Waals surface area contributed by atoms with Crippen molar-refractivity contribution in [2.45, 2.75) is 52.5 Å². The lowest BCUT2D eigenvalue weighted by Crippen LogP contribution is -2.30. The summed E-state index contributed by atoms with van der Waals surface area (Å²) in [5, 5.41) is 9.23. The third-order valence-corrected chi connectivity index (χ3v) is 3.44. The van der Waals surface area contributed by atoms with Crippen molar-refractivity contribution >= 4 is 11.8 Å². The van der Waals surface area contributed by atoms with Gasteiger partial charge in [0, 0.05) is 24.2 Å². The molecule has 0 fully saturated rings. The van der Waals surface area contributed by atoms with E-state index in [4.69, 9.17) is 0 Å². The molecule has 0 saturated carbocycles. The van der Waals surface area contributed by atoms with Gasteiger partial charge in [-0.25, -0.2) is 9.78 Å². The highest BCUT2D eigenvalue weighted by Gasteiger charge is 2.21. The van der Waals surface area contributed by atoms with Crippen LogP contribution in [0.2, 0.25) is 0 Å². The van der Waals surface area contributed by atoms with Crippen LogP contribution in [0.25, 0.3) is 0 Å². The molecule has 106 valence electrons. The number of aromatic carboxylic acids is 1. The van der Waals surface area contributed by atoms with Gasteiger partial charge in [-0.3, -0.25) is 0 Å². The van der Waals surface area contributed by atoms with E-state index in [0.29, 0.717) is 11.6 Å². The lowest BCUT2D eigenvalue weighted by Gasteiger charge is -2.27. The van der Waals surface area contributed by atoms with Crippen LogP contribution in [0.1, 0.15) is 57.1 Å². The van der Waals surface area contributed by atoms with Crippen molar-refractivity contribution in [3.05, 3.63) is 23.4 Å². The number of hydrogen-bond acceptors (Lipinski definition) is 3. The minimum atomic E-state index is -0.910. The van der Waals surface area contributed by atoms with Gasteiger partial charge in [-0.05, 0) is 25.5 Å². The Morgan fingerprint density at radius 1 is 1.42 bits per heavy atom. The summed E-state index contributed by atoms with van der Waals surface area (Å²) in [5.74, 6) is -0.189. The second-order valence-electron chi connectivity index (χ2n) is 6.02. The van der Waals surface area contributed by atoms with Gasteiger partial charge in [0.15, 0.2) is 0 Å². The van der Waals surface area contributed by atoms with Crippen molar-refractivity contribution in [1.82, 2.24) is 4.98 Å². The molecule has 0 aliphatic heterocycles. The molecule has 0 aromatic carbocycles.